The molecule has 1 aliphatic heterocycles. The van der Waals surface area contributed by atoms with E-state index in [0.29, 0.717) is 23.9 Å². The van der Waals surface area contributed by atoms with Crippen LogP contribution in [0, 0.1) is 0 Å². The first-order valence-electron chi connectivity index (χ1n) is 9.74. The number of ether oxygens (including phenoxy) is 1. The van der Waals surface area contributed by atoms with Gasteiger partial charge in [-0.3, -0.25) is 4.79 Å². The van der Waals surface area contributed by atoms with Crippen molar-refractivity contribution < 1.29 is 9.53 Å². The molecule has 28 heavy (non-hydrogen) atoms. The highest BCUT2D eigenvalue weighted by molar-refractivity contribution is 6.06. The standard InChI is InChI=1S/C23H25N3O2/c1-28-22-15-20(19-9-5-6-10-21(19)25-22)23(27)24-12-14-26-13-11-18(16-26)17-7-3-2-4-8-17/h2-10,15,18H,11-14,16H2,1H3,(H,24,27)/t18-/m1/s1. The molecule has 1 amide bonds. The summed E-state index contributed by atoms with van der Waals surface area (Å²) in [4.78, 5) is 19.6. The molecule has 0 bridgehead atoms. The lowest BCUT2D eigenvalue weighted by Crippen LogP contribution is -2.34. The Morgan fingerprint density at radius 1 is 1.18 bits per heavy atom. The minimum atomic E-state index is -0.0873. The molecule has 0 aliphatic carbocycles. The predicted octanol–water partition coefficient (Wildman–Crippen LogP) is 3.46. The Labute approximate surface area is 165 Å². The maximum Gasteiger partial charge on any atom is 0.252 e. The van der Waals surface area contributed by atoms with Gasteiger partial charge in [0.15, 0.2) is 0 Å². The Morgan fingerprint density at radius 3 is 2.79 bits per heavy atom. The number of carbonyl (C=O) groups is 1. The van der Waals surface area contributed by atoms with Crippen molar-refractivity contribution in [3.63, 3.8) is 0 Å². The molecule has 3 aromatic rings. The zero-order valence-electron chi connectivity index (χ0n) is 16.1. The van der Waals surface area contributed by atoms with E-state index < -0.39 is 0 Å². The number of para-hydroxylation sites is 1. The summed E-state index contributed by atoms with van der Waals surface area (Å²) in [6.45, 7) is 3.60. The normalized spacial score (nSPS) is 17.0. The average molecular weight is 375 g/mol. The fourth-order valence-electron chi connectivity index (χ4n) is 3.90. The molecule has 5 nitrogen and oxygen atoms in total. The van der Waals surface area contributed by atoms with E-state index >= 15 is 0 Å². The smallest absolute Gasteiger partial charge is 0.252 e. The lowest BCUT2D eigenvalue weighted by atomic mass is 9.99. The summed E-state index contributed by atoms with van der Waals surface area (Å²) in [6.07, 6.45) is 1.17. The summed E-state index contributed by atoms with van der Waals surface area (Å²) in [5.41, 5.74) is 2.77. The second-order valence-corrected chi connectivity index (χ2v) is 7.18. The number of fused-ring (bicyclic) bond motifs is 1. The maximum absolute atomic E-state index is 12.8. The van der Waals surface area contributed by atoms with Gasteiger partial charge in [0.1, 0.15) is 0 Å². The molecular formula is C23H25N3O2. The third-order valence-corrected chi connectivity index (χ3v) is 5.40. The third-order valence-electron chi connectivity index (χ3n) is 5.40. The van der Waals surface area contributed by atoms with Crippen molar-refractivity contribution in [2.45, 2.75) is 12.3 Å². The minimum Gasteiger partial charge on any atom is -0.481 e. The monoisotopic (exact) mass is 375 g/mol. The van der Waals surface area contributed by atoms with Gasteiger partial charge in [0, 0.05) is 31.1 Å². The lowest BCUT2D eigenvalue weighted by Gasteiger charge is -2.17. The van der Waals surface area contributed by atoms with E-state index in [0.717, 1.165) is 30.5 Å². The summed E-state index contributed by atoms with van der Waals surface area (Å²) in [5.74, 6) is 0.954. The lowest BCUT2D eigenvalue weighted by molar-refractivity contribution is 0.0951. The quantitative estimate of drug-likeness (QED) is 0.717. The molecule has 144 valence electrons. The van der Waals surface area contributed by atoms with Crippen LogP contribution < -0.4 is 10.1 Å². The third kappa shape index (κ3) is 3.99. The van der Waals surface area contributed by atoms with Gasteiger partial charge in [-0.25, -0.2) is 4.98 Å². The van der Waals surface area contributed by atoms with Crippen LogP contribution in [0.2, 0.25) is 0 Å². The molecule has 5 heteroatoms. The van der Waals surface area contributed by atoms with Gasteiger partial charge in [-0.05, 0) is 30.5 Å². The molecule has 1 aromatic heterocycles. The van der Waals surface area contributed by atoms with Crippen LogP contribution in [0.1, 0.15) is 28.3 Å². The van der Waals surface area contributed by atoms with Gasteiger partial charge in [0.2, 0.25) is 5.88 Å². The number of aromatic nitrogens is 1. The Balaban J connectivity index is 1.36. The Hall–Kier alpha value is -2.92. The van der Waals surface area contributed by atoms with Gasteiger partial charge in [-0.2, -0.15) is 0 Å². The van der Waals surface area contributed by atoms with Gasteiger partial charge in [-0.15, -0.1) is 0 Å². The van der Waals surface area contributed by atoms with E-state index in [1.54, 1.807) is 13.2 Å². The van der Waals surface area contributed by atoms with Crippen molar-refractivity contribution in [3.05, 3.63) is 71.8 Å². The first kappa shape index (κ1) is 18.4. The van der Waals surface area contributed by atoms with Gasteiger partial charge in [0.25, 0.3) is 5.91 Å². The van der Waals surface area contributed by atoms with Gasteiger partial charge < -0.3 is 15.0 Å². The van der Waals surface area contributed by atoms with Crippen LogP contribution in [-0.2, 0) is 0 Å². The number of benzene rings is 2. The number of carbonyl (C=O) groups excluding carboxylic acids is 1. The topological polar surface area (TPSA) is 54.5 Å². The van der Waals surface area contributed by atoms with E-state index in [-0.39, 0.29) is 5.91 Å². The molecular weight excluding hydrogens is 350 g/mol. The number of methoxy groups -OCH3 is 1. The van der Waals surface area contributed by atoms with E-state index in [1.807, 2.05) is 24.3 Å². The van der Waals surface area contributed by atoms with Gasteiger partial charge in [-0.1, -0.05) is 48.5 Å². The van der Waals surface area contributed by atoms with Crippen LogP contribution >= 0.6 is 0 Å². The van der Waals surface area contributed by atoms with Crippen molar-refractivity contribution in [3.8, 4) is 5.88 Å². The van der Waals surface area contributed by atoms with Crippen molar-refractivity contribution in [2.75, 3.05) is 33.3 Å². The SMILES string of the molecule is COc1cc(C(=O)NCCN2CC[C@@H](c3ccccc3)C2)c2ccccc2n1. The number of amides is 1. The van der Waals surface area contributed by atoms with Crippen molar-refractivity contribution in [1.29, 1.82) is 0 Å². The van der Waals surface area contributed by atoms with Crippen molar-refractivity contribution in [2.24, 2.45) is 0 Å². The van der Waals surface area contributed by atoms with E-state index in [9.17, 15) is 4.79 Å². The molecule has 0 spiro atoms. The molecule has 0 unspecified atom stereocenters. The predicted molar refractivity (Wildman–Crippen MR) is 111 cm³/mol. The summed E-state index contributed by atoms with van der Waals surface area (Å²) >= 11 is 0. The van der Waals surface area contributed by atoms with E-state index in [2.05, 4.69) is 45.5 Å². The molecule has 1 fully saturated rings. The van der Waals surface area contributed by atoms with Gasteiger partial charge >= 0.3 is 0 Å². The maximum atomic E-state index is 12.8. The van der Waals surface area contributed by atoms with Gasteiger partial charge in [0.05, 0.1) is 18.2 Å². The van der Waals surface area contributed by atoms with E-state index in [4.69, 9.17) is 4.74 Å². The fraction of sp³-hybridized carbons (Fsp3) is 0.304. The summed E-state index contributed by atoms with van der Waals surface area (Å²) in [5, 5.41) is 3.90. The van der Waals surface area contributed by atoms with Crippen LogP contribution in [0.15, 0.2) is 60.7 Å². The Kier molecular flexibility index (Phi) is 5.53. The van der Waals surface area contributed by atoms with Crippen LogP contribution in [0.3, 0.4) is 0 Å². The fourth-order valence-corrected chi connectivity index (χ4v) is 3.90. The molecule has 1 atom stereocenters. The largest absolute Gasteiger partial charge is 0.481 e. The number of hydrogen-bond donors (Lipinski definition) is 1. The Morgan fingerprint density at radius 2 is 1.96 bits per heavy atom. The highest BCUT2D eigenvalue weighted by Crippen LogP contribution is 2.26. The number of nitrogens with zero attached hydrogens (tertiary/aromatic N) is 2. The zero-order chi connectivity index (χ0) is 19.3. The first-order valence-corrected chi connectivity index (χ1v) is 9.74. The number of pyridine rings is 1. The molecule has 1 aliphatic rings. The molecule has 4 rings (SSSR count). The second-order valence-electron chi connectivity index (χ2n) is 7.18. The molecule has 1 N–H and O–H groups in total. The highest BCUT2D eigenvalue weighted by atomic mass is 16.5. The highest BCUT2D eigenvalue weighted by Gasteiger charge is 2.23. The summed E-state index contributed by atoms with van der Waals surface area (Å²) in [7, 11) is 1.56. The summed E-state index contributed by atoms with van der Waals surface area (Å²) < 4.78 is 5.25. The first-order chi connectivity index (χ1) is 13.7. The number of likely N-dealkylation sites (tertiary alicyclic amines) is 1. The second kappa shape index (κ2) is 8.40. The number of nitrogens with one attached hydrogen (secondary N) is 1. The van der Waals surface area contributed by atoms with Crippen LogP contribution in [0.25, 0.3) is 10.9 Å². The molecule has 1 saturated heterocycles. The van der Waals surface area contributed by atoms with Crippen LogP contribution in [0.4, 0.5) is 0 Å². The molecule has 0 saturated carbocycles. The summed E-state index contributed by atoms with van der Waals surface area (Å²) in [6, 6.07) is 20.0. The number of hydrogen-bond acceptors (Lipinski definition) is 4. The molecule has 2 aromatic carbocycles. The van der Waals surface area contributed by atoms with Crippen LogP contribution in [0.5, 0.6) is 5.88 Å². The van der Waals surface area contributed by atoms with Crippen molar-refractivity contribution in [1.82, 2.24) is 15.2 Å². The molecule has 2 heterocycles. The Bertz CT molecular complexity index is 958. The van der Waals surface area contributed by atoms with E-state index in [1.165, 1.54) is 12.0 Å². The zero-order valence-corrected chi connectivity index (χ0v) is 16.1. The van der Waals surface area contributed by atoms with Crippen LogP contribution in [-0.4, -0.2) is 49.1 Å². The number of rotatable bonds is 6. The van der Waals surface area contributed by atoms with Crippen molar-refractivity contribution >= 4 is 16.8 Å². The minimum absolute atomic E-state index is 0.0873. The molecule has 0 radical (unpaired) electrons. The average Bonchev–Trinajstić information content (AvgIpc) is 3.22.